The molecule has 0 aliphatic heterocycles. The van der Waals surface area contributed by atoms with E-state index in [1.807, 2.05) is 49.3 Å². The number of carbonyl (C=O) groups excluding carboxylic acids is 2. The van der Waals surface area contributed by atoms with Crippen molar-refractivity contribution in [1.82, 2.24) is 15.5 Å². The van der Waals surface area contributed by atoms with Crippen molar-refractivity contribution in [3.8, 4) is 0 Å². The molecule has 2 rings (SSSR count). The van der Waals surface area contributed by atoms with Crippen LogP contribution in [-0.4, -0.2) is 49.6 Å². The van der Waals surface area contributed by atoms with E-state index in [-0.39, 0.29) is 17.6 Å². The first kappa shape index (κ1) is 27.2. The van der Waals surface area contributed by atoms with Crippen LogP contribution in [0.4, 0.5) is 23.7 Å². The van der Waals surface area contributed by atoms with Gasteiger partial charge in [0.25, 0.3) is 0 Å². The predicted molar refractivity (Wildman–Crippen MR) is 127 cm³/mol. The standard InChI is InChI=1S/C25H33F3N4O2/c1-24(2,3)21(31-23(34)30-19-13-9-12-18(15-19)25(26,27)28)22(33)29-20(16-32(4)5)14-17-10-7-6-8-11-17/h6-13,15,20-21H,14,16H2,1-5H3,(H,29,33)(H2,30,31,34). The molecule has 0 aromatic heterocycles. The number of urea groups is 1. The molecule has 9 heteroatoms. The fourth-order valence-electron chi connectivity index (χ4n) is 3.53. The van der Waals surface area contributed by atoms with Gasteiger partial charge in [-0.1, -0.05) is 57.2 Å². The van der Waals surface area contributed by atoms with Crippen molar-refractivity contribution in [2.45, 2.75) is 45.5 Å². The number of carbonyl (C=O) groups is 2. The zero-order chi connectivity index (χ0) is 25.5. The zero-order valence-electron chi connectivity index (χ0n) is 20.2. The van der Waals surface area contributed by atoms with Gasteiger partial charge in [0, 0.05) is 18.3 Å². The van der Waals surface area contributed by atoms with Crippen molar-refractivity contribution in [2.75, 3.05) is 26.0 Å². The number of hydrogen-bond acceptors (Lipinski definition) is 3. The Morgan fingerprint density at radius 3 is 2.15 bits per heavy atom. The minimum atomic E-state index is -4.53. The summed E-state index contributed by atoms with van der Waals surface area (Å²) < 4.78 is 38.9. The van der Waals surface area contributed by atoms with Gasteiger partial charge in [-0.05, 0) is 49.7 Å². The topological polar surface area (TPSA) is 73.5 Å². The smallest absolute Gasteiger partial charge is 0.350 e. The first-order valence-corrected chi connectivity index (χ1v) is 11.0. The summed E-state index contributed by atoms with van der Waals surface area (Å²) in [5, 5.41) is 8.06. The summed E-state index contributed by atoms with van der Waals surface area (Å²) >= 11 is 0. The third-order valence-electron chi connectivity index (χ3n) is 5.11. The number of halogens is 3. The number of nitrogens with zero attached hydrogens (tertiary/aromatic N) is 1. The maximum absolute atomic E-state index is 13.2. The molecule has 2 aromatic carbocycles. The minimum Gasteiger partial charge on any atom is -0.350 e. The van der Waals surface area contributed by atoms with Gasteiger partial charge in [0.2, 0.25) is 5.91 Å². The van der Waals surface area contributed by atoms with E-state index in [4.69, 9.17) is 0 Å². The quantitative estimate of drug-likeness (QED) is 0.522. The Kier molecular flexibility index (Phi) is 9.09. The monoisotopic (exact) mass is 478 g/mol. The normalized spacial score (nSPS) is 13.8. The number of anilines is 1. The molecule has 2 unspecified atom stereocenters. The van der Waals surface area contributed by atoms with E-state index in [2.05, 4.69) is 16.0 Å². The van der Waals surface area contributed by atoms with Gasteiger partial charge in [-0.25, -0.2) is 4.79 Å². The highest BCUT2D eigenvalue weighted by Gasteiger charge is 2.34. The second kappa shape index (κ2) is 11.4. The number of hydrogen-bond donors (Lipinski definition) is 3. The van der Waals surface area contributed by atoms with Gasteiger partial charge in [-0.15, -0.1) is 0 Å². The van der Waals surface area contributed by atoms with E-state index in [0.717, 1.165) is 17.7 Å². The number of amides is 3. The maximum Gasteiger partial charge on any atom is 0.416 e. The molecule has 0 saturated carbocycles. The Balaban J connectivity index is 2.13. The van der Waals surface area contributed by atoms with Crippen molar-refractivity contribution < 1.29 is 22.8 Å². The maximum atomic E-state index is 13.2. The Hall–Kier alpha value is -3.07. The molecule has 3 amide bonds. The van der Waals surface area contributed by atoms with Gasteiger partial charge in [0.1, 0.15) is 6.04 Å². The van der Waals surface area contributed by atoms with Crippen LogP contribution in [0.5, 0.6) is 0 Å². The molecule has 0 radical (unpaired) electrons. The van der Waals surface area contributed by atoms with Crippen LogP contribution >= 0.6 is 0 Å². The largest absolute Gasteiger partial charge is 0.416 e. The molecule has 6 nitrogen and oxygen atoms in total. The molecular weight excluding hydrogens is 445 g/mol. The second-order valence-corrected chi connectivity index (χ2v) is 9.63. The van der Waals surface area contributed by atoms with Gasteiger partial charge in [-0.2, -0.15) is 13.2 Å². The summed E-state index contributed by atoms with van der Waals surface area (Å²) in [7, 11) is 3.82. The Labute approximate surface area is 198 Å². The van der Waals surface area contributed by atoms with E-state index in [9.17, 15) is 22.8 Å². The Bertz CT molecular complexity index is 957. The molecule has 0 bridgehead atoms. The molecular formula is C25H33F3N4O2. The van der Waals surface area contributed by atoms with Crippen LogP contribution in [0.1, 0.15) is 31.9 Å². The Morgan fingerprint density at radius 1 is 0.941 bits per heavy atom. The minimum absolute atomic E-state index is 0.0186. The molecule has 3 N–H and O–H groups in total. The van der Waals surface area contributed by atoms with Crippen LogP contribution in [0.25, 0.3) is 0 Å². The van der Waals surface area contributed by atoms with Crippen molar-refractivity contribution in [3.63, 3.8) is 0 Å². The number of alkyl halides is 3. The molecule has 34 heavy (non-hydrogen) atoms. The van der Waals surface area contributed by atoms with Crippen LogP contribution in [0, 0.1) is 5.41 Å². The first-order chi connectivity index (χ1) is 15.8. The lowest BCUT2D eigenvalue weighted by Crippen LogP contribution is -2.57. The van der Waals surface area contributed by atoms with Crippen molar-refractivity contribution in [1.29, 1.82) is 0 Å². The summed E-state index contributed by atoms with van der Waals surface area (Å²) in [4.78, 5) is 27.8. The average molecular weight is 479 g/mol. The van der Waals surface area contributed by atoms with Crippen LogP contribution in [0.3, 0.4) is 0 Å². The molecule has 186 valence electrons. The lowest BCUT2D eigenvalue weighted by Gasteiger charge is -2.32. The van der Waals surface area contributed by atoms with Crippen molar-refractivity contribution in [3.05, 3.63) is 65.7 Å². The predicted octanol–water partition coefficient (Wildman–Crippen LogP) is 4.53. The highest BCUT2D eigenvalue weighted by molar-refractivity contribution is 5.94. The summed E-state index contributed by atoms with van der Waals surface area (Å²) in [6.07, 6.45) is -3.92. The number of rotatable bonds is 8. The summed E-state index contributed by atoms with van der Waals surface area (Å²) in [6.45, 7) is 6.01. The third-order valence-corrected chi connectivity index (χ3v) is 5.11. The number of likely N-dealkylation sites (N-methyl/N-ethyl adjacent to an activating group) is 1. The van der Waals surface area contributed by atoms with Gasteiger partial charge >= 0.3 is 12.2 Å². The van der Waals surface area contributed by atoms with Gasteiger partial charge in [-0.3, -0.25) is 4.79 Å². The van der Waals surface area contributed by atoms with Crippen LogP contribution in [0.15, 0.2) is 54.6 Å². The third kappa shape index (κ3) is 8.70. The lowest BCUT2D eigenvalue weighted by molar-refractivity contribution is -0.137. The van der Waals surface area contributed by atoms with E-state index >= 15 is 0 Å². The molecule has 0 heterocycles. The van der Waals surface area contributed by atoms with Crippen LogP contribution in [-0.2, 0) is 17.4 Å². The molecule has 0 spiro atoms. The SMILES string of the molecule is CN(C)CC(Cc1ccccc1)NC(=O)C(NC(=O)Nc1cccc(C(F)(F)F)c1)C(C)(C)C. The highest BCUT2D eigenvalue weighted by atomic mass is 19.4. The van der Waals surface area contributed by atoms with Crippen molar-refractivity contribution >= 4 is 17.6 Å². The molecule has 0 aliphatic carbocycles. The number of benzene rings is 2. The summed E-state index contributed by atoms with van der Waals surface area (Å²) in [5.41, 5.74) is -0.472. The molecule has 2 atom stereocenters. The Morgan fingerprint density at radius 2 is 1.59 bits per heavy atom. The first-order valence-electron chi connectivity index (χ1n) is 11.0. The van der Waals surface area contributed by atoms with Gasteiger partial charge in [0.15, 0.2) is 0 Å². The van der Waals surface area contributed by atoms with E-state index < -0.39 is 29.2 Å². The van der Waals surface area contributed by atoms with E-state index in [0.29, 0.717) is 13.0 Å². The van der Waals surface area contributed by atoms with Crippen LogP contribution in [0.2, 0.25) is 0 Å². The summed E-state index contributed by atoms with van der Waals surface area (Å²) in [5.74, 6) is -0.366. The molecule has 2 aromatic rings. The molecule has 0 aliphatic rings. The second-order valence-electron chi connectivity index (χ2n) is 9.63. The number of nitrogens with one attached hydrogen (secondary N) is 3. The van der Waals surface area contributed by atoms with Crippen LogP contribution < -0.4 is 16.0 Å². The lowest BCUT2D eigenvalue weighted by atomic mass is 9.86. The zero-order valence-corrected chi connectivity index (χ0v) is 20.2. The van der Waals surface area contributed by atoms with Crippen molar-refractivity contribution in [2.24, 2.45) is 5.41 Å². The highest BCUT2D eigenvalue weighted by Crippen LogP contribution is 2.30. The fourth-order valence-corrected chi connectivity index (χ4v) is 3.53. The van der Waals surface area contributed by atoms with Gasteiger partial charge < -0.3 is 20.9 Å². The van der Waals surface area contributed by atoms with E-state index in [1.54, 1.807) is 20.8 Å². The average Bonchev–Trinajstić information content (AvgIpc) is 2.71. The molecule has 0 saturated heterocycles. The van der Waals surface area contributed by atoms with E-state index in [1.165, 1.54) is 12.1 Å². The summed E-state index contributed by atoms with van der Waals surface area (Å²) in [6, 6.07) is 12.2. The fraction of sp³-hybridized carbons (Fsp3) is 0.440. The molecule has 0 fully saturated rings. The van der Waals surface area contributed by atoms with Gasteiger partial charge in [0.05, 0.1) is 5.56 Å².